The maximum atomic E-state index is 11.9. The molecule has 176 valence electrons. The molecule has 0 atom stereocenters. The van der Waals surface area contributed by atoms with E-state index in [4.69, 9.17) is 23.2 Å². The van der Waals surface area contributed by atoms with Crippen LogP contribution in [0.1, 0.15) is 5.56 Å². The quantitative estimate of drug-likeness (QED) is 0.104. The zero-order valence-corrected chi connectivity index (χ0v) is 20.7. The molecule has 35 heavy (non-hydrogen) atoms. The van der Waals surface area contributed by atoms with Gasteiger partial charge in [-0.1, -0.05) is 41.0 Å². The minimum absolute atomic E-state index is 0.0981. The highest BCUT2D eigenvalue weighted by Gasteiger charge is 2.18. The van der Waals surface area contributed by atoms with Crippen LogP contribution in [0, 0.1) is 10.1 Å². The second-order valence-corrected chi connectivity index (χ2v) is 9.93. The molecule has 3 aromatic carbocycles. The molecular weight excluding hydrogens is 531 g/mol. The number of nitrogens with zero attached hydrogens (tertiary/aromatic N) is 3. The van der Waals surface area contributed by atoms with Crippen molar-refractivity contribution in [1.29, 1.82) is 0 Å². The Morgan fingerprint density at radius 1 is 1.03 bits per heavy atom. The van der Waals surface area contributed by atoms with Gasteiger partial charge in [-0.25, -0.2) is 9.78 Å². The Morgan fingerprint density at radius 2 is 1.69 bits per heavy atom. The number of carboxylic acids is 1. The molecule has 0 bridgehead atoms. The van der Waals surface area contributed by atoms with Crippen molar-refractivity contribution in [3.05, 3.63) is 97.4 Å². The molecular formula is C23H14Cl2N4O4S2. The standard InChI is InChI=1S/C23H14Cl2N4O4S2/c24-15-4-2-14(3-5-15)21-26-23(28-27-21)35-20(22(30)31)12-13-1-10-19(18(11-13)29(32)33)34-17-8-6-16(25)7-9-17/h1-12H,(H,30,31)(H,26,27,28)/b20-12+. The molecule has 0 saturated carbocycles. The number of aliphatic carboxylic acids is 1. The molecule has 0 unspecified atom stereocenters. The number of H-pyrrole nitrogens is 1. The maximum Gasteiger partial charge on any atom is 0.342 e. The van der Waals surface area contributed by atoms with Gasteiger partial charge in [0, 0.05) is 26.6 Å². The number of halogens is 2. The summed E-state index contributed by atoms with van der Waals surface area (Å²) in [4.78, 5) is 28.5. The number of rotatable bonds is 8. The van der Waals surface area contributed by atoms with Crippen LogP contribution >= 0.6 is 46.7 Å². The molecule has 1 aromatic heterocycles. The van der Waals surface area contributed by atoms with E-state index >= 15 is 0 Å². The van der Waals surface area contributed by atoms with E-state index in [0.29, 0.717) is 26.3 Å². The van der Waals surface area contributed by atoms with Gasteiger partial charge < -0.3 is 5.11 Å². The third-order valence-electron chi connectivity index (χ3n) is 4.51. The van der Waals surface area contributed by atoms with E-state index in [1.165, 1.54) is 23.9 Å². The molecule has 4 rings (SSSR count). The molecule has 4 aromatic rings. The normalized spacial score (nSPS) is 11.4. The van der Waals surface area contributed by atoms with Crippen LogP contribution in [0.2, 0.25) is 10.0 Å². The number of benzene rings is 3. The number of carbonyl (C=O) groups is 1. The van der Waals surface area contributed by atoms with Crippen molar-refractivity contribution in [1.82, 2.24) is 15.2 Å². The molecule has 1 heterocycles. The number of aromatic amines is 1. The average Bonchev–Trinajstić information content (AvgIpc) is 3.30. The summed E-state index contributed by atoms with van der Waals surface area (Å²) in [6.45, 7) is 0. The van der Waals surface area contributed by atoms with Crippen molar-refractivity contribution in [3.63, 3.8) is 0 Å². The van der Waals surface area contributed by atoms with Crippen LogP contribution in [0.3, 0.4) is 0 Å². The lowest BCUT2D eigenvalue weighted by atomic mass is 10.2. The predicted molar refractivity (Wildman–Crippen MR) is 137 cm³/mol. The fraction of sp³-hybridized carbons (Fsp3) is 0. The van der Waals surface area contributed by atoms with Crippen molar-refractivity contribution in [2.75, 3.05) is 0 Å². The van der Waals surface area contributed by atoms with E-state index in [0.717, 1.165) is 22.2 Å². The number of carboxylic acid groups (broad SMARTS) is 1. The lowest BCUT2D eigenvalue weighted by Gasteiger charge is -2.05. The molecule has 0 fully saturated rings. The summed E-state index contributed by atoms with van der Waals surface area (Å²) in [6, 6.07) is 18.4. The summed E-state index contributed by atoms with van der Waals surface area (Å²) in [5.41, 5.74) is 0.950. The Labute approximate surface area is 217 Å². The lowest BCUT2D eigenvalue weighted by Crippen LogP contribution is -1.98. The summed E-state index contributed by atoms with van der Waals surface area (Å²) in [7, 11) is 0. The average molecular weight is 545 g/mol. The minimum Gasteiger partial charge on any atom is -0.477 e. The number of hydrogen-bond donors (Lipinski definition) is 2. The number of nitro benzene ring substituents is 1. The number of nitro groups is 1. The highest BCUT2D eigenvalue weighted by molar-refractivity contribution is 8.04. The van der Waals surface area contributed by atoms with E-state index in [1.54, 1.807) is 60.7 Å². The van der Waals surface area contributed by atoms with Gasteiger partial charge in [-0.05, 0) is 78.0 Å². The smallest absolute Gasteiger partial charge is 0.342 e. The number of hydrogen-bond acceptors (Lipinski definition) is 7. The molecule has 0 aliphatic rings. The summed E-state index contributed by atoms with van der Waals surface area (Å²) in [6.07, 6.45) is 1.34. The zero-order valence-electron chi connectivity index (χ0n) is 17.5. The van der Waals surface area contributed by atoms with Crippen molar-refractivity contribution in [2.24, 2.45) is 0 Å². The fourth-order valence-corrected chi connectivity index (χ4v) is 4.76. The van der Waals surface area contributed by atoms with Crippen LogP contribution in [0.5, 0.6) is 0 Å². The first-order valence-electron chi connectivity index (χ1n) is 9.81. The number of aromatic nitrogens is 3. The van der Waals surface area contributed by atoms with Gasteiger partial charge in [-0.15, -0.1) is 5.10 Å². The maximum absolute atomic E-state index is 11.9. The van der Waals surface area contributed by atoms with E-state index in [2.05, 4.69) is 15.2 Å². The van der Waals surface area contributed by atoms with Crippen LogP contribution < -0.4 is 0 Å². The number of nitrogens with one attached hydrogen (secondary N) is 1. The van der Waals surface area contributed by atoms with Gasteiger partial charge in [0.1, 0.15) is 4.91 Å². The van der Waals surface area contributed by atoms with E-state index in [-0.39, 0.29) is 15.7 Å². The molecule has 8 nitrogen and oxygen atoms in total. The molecule has 0 radical (unpaired) electrons. The molecule has 0 saturated heterocycles. The molecule has 0 aliphatic heterocycles. The van der Waals surface area contributed by atoms with Crippen molar-refractivity contribution < 1.29 is 14.8 Å². The van der Waals surface area contributed by atoms with Gasteiger partial charge in [0.05, 0.1) is 9.82 Å². The van der Waals surface area contributed by atoms with Crippen molar-refractivity contribution in [2.45, 2.75) is 14.9 Å². The minimum atomic E-state index is -1.21. The second kappa shape index (κ2) is 11.0. The lowest BCUT2D eigenvalue weighted by molar-refractivity contribution is -0.387. The third kappa shape index (κ3) is 6.43. The Morgan fingerprint density at radius 3 is 2.31 bits per heavy atom. The second-order valence-electron chi connectivity index (χ2n) is 6.93. The highest BCUT2D eigenvalue weighted by atomic mass is 35.5. The topological polar surface area (TPSA) is 122 Å². The van der Waals surface area contributed by atoms with Crippen LogP contribution in [0.15, 0.2) is 86.6 Å². The van der Waals surface area contributed by atoms with Gasteiger partial charge in [0.2, 0.25) is 5.16 Å². The van der Waals surface area contributed by atoms with Crippen LogP contribution in [-0.4, -0.2) is 31.2 Å². The van der Waals surface area contributed by atoms with Crippen LogP contribution in [0.4, 0.5) is 5.69 Å². The summed E-state index contributed by atoms with van der Waals surface area (Å²) >= 11 is 13.8. The molecule has 0 spiro atoms. The highest BCUT2D eigenvalue weighted by Crippen LogP contribution is 2.37. The van der Waals surface area contributed by atoms with Crippen molar-refractivity contribution in [3.8, 4) is 11.4 Å². The van der Waals surface area contributed by atoms with Crippen LogP contribution in [0.25, 0.3) is 17.5 Å². The Bertz CT molecular complexity index is 1420. The SMILES string of the molecule is O=C(O)/C(=C\c1ccc(Sc2ccc(Cl)cc2)c([N+](=O)[O-])c1)Sc1n[nH]c(-c2ccc(Cl)cc2)n1. The van der Waals surface area contributed by atoms with Gasteiger partial charge in [0.15, 0.2) is 5.82 Å². The predicted octanol–water partition coefficient (Wildman–Crippen LogP) is 7.06. The largest absolute Gasteiger partial charge is 0.477 e. The third-order valence-corrected chi connectivity index (χ3v) is 6.97. The first kappa shape index (κ1) is 24.8. The summed E-state index contributed by atoms with van der Waals surface area (Å²) < 4.78 is 0. The Hall–Kier alpha value is -3.31. The molecule has 2 N–H and O–H groups in total. The summed E-state index contributed by atoms with van der Waals surface area (Å²) in [5, 5.41) is 29.5. The fourth-order valence-electron chi connectivity index (χ4n) is 2.90. The Kier molecular flexibility index (Phi) is 7.76. The van der Waals surface area contributed by atoms with E-state index in [1.807, 2.05) is 0 Å². The van der Waals surface area contributed by atoms with Gasteiger partial charge in [0.25, 0.3) is 5.69 Å². The first-order chi connectivity index (χ1) is 16.8. The van der Waals surface area contributed by atoms with Crippen LogP contribution in [-0.2, 0) is 4.79 Å². The molecule has 0 amide bonds. The van der Waals surface area contributed by atoms with E-state index < -0.39 is 10.9 Å². The molecule has 12 heteroatoms. The zero-order chi connectivity index (χ0) is 24.9. The van der Waals surface area contributed by atoms with E-state index in [9.17, 15) is 20.0 Å². The number of thioether (sulfide) groups is 1. The Balaban J connectivity index is 1.58. The summed E-state index contributed by atoms with van der Waals surface area (Å²) in [5.74, 6) is -0.761. The van der Waals surface area contributed by atoms with Crippen molar-refractivity contribution >= 4 is 64.5 Å². The molecule has 0 aliphatic carbocycles. The first-order valence-corrected chi connectivity index (χ1v) is 12.2. The monoisotopic (exact) mass is 544 g/mol. The van der Waals surface area contributed by atoms with Gasteiger partial charge in [-0.3, -0.25) is 15.2 Å². The van der Waals surface area contributed by atoms with Gasteiger partial charge >= 0.3 is 5.97 Å². The van der Waals surface area contributed by atoms with Gasteiger partial charge in [-0.2, -0.15) is 0 Å².